The Morgan fingerprint density at radius 3 is 2.44 bits per heavy atom. The number of aromatic nitrogens is 2. The number of rotatable bonds is 6. The molecule has 2 atom stereocenters. The Bertz CT molecular complexity index is 363. The summed E-state index contributed by atoms with van der Waals surface area (Å²) in [5.74, 6) is 1.73. The third kappa shape index (κ3) is 3.67. The molecule has 0 fully saturated rings. The molecule has 0 aromatic carbocycles. The molecule has 0 saturated heterocycles. The molecule has 1 aromatic heterocycles. The Balaban J connectivity index is 3.02. The van der Waals surface area contributed by atoms with Crippen LogP contribution in [0.2, 0.25) is 0 Å². The van der Waals surface area contributed by atoms with Gasteiger partial charge in [-0.3, -0.25) is 0 Å². The molecule has 0 radical (unpaired) electrons. The van der Waals surface area contributed by atoms with Gasteiger partial charge in [-0.05, 0) is 25.5 Å². The Morgan fingerprint density at radius 1 is 1.28 bits per heavy atom. The van der Waals surface area contributed by atoms with E-state index in [-0.39, 0.29) is 0 Å². The van der Waals surface area contributed by atoms with Crippen molar-refractivity contribution in [2.75, 3.05) is 25.5 Å². The highest BCUT2D eigenvalue weighted by atomic mass is 15.2. The first-order chi connectivity index (χ1) is 8.47. The summed E-state index contributed by atoms with van der Waals surface area (Å²) in [6.45, 7) is 9.84. The number of hydrogen-bond acceptors (Lipinski definition) is 4. The summed E-state index contributed by atoms with van der Waals surface area (Å²) in [5.41, 5.74) is 1.12. The topological polar surface area (TPSA) is 41.1 Å². The van der Waals surface area contributed by atoms with Crippen molar-refractivity contribution in [1.29, 1.82) is 0 Å². The Morgan fingerprint density at radius 2 is 1.94 bits per heavy atom. The zero-order valence-electron chi connectivity index (χ0n) is 12.4. The minimum Gasteiger partial charge on any atom is -0.347 e. The van der Waals surface area contributed by atoms with E-state index in [1.807, 2.05) is 31.3 Å². The maximum atomic E-state index is 4.67. The molecule has 102 valence electrons. The zero-order valence-corrected chi connectivity index (χ0v) is 12.4. The van der Waals surface area contributed by atoms with Crippen LogP contribution in [-0.2, 0) is 0 Å². The van der Waals surface area contributed by atoms with Gasteiger partial charge in [-0.25, -0.2) is 9.97 Å². The molecule has 4 heteroatoms. The first-order valence-electron chi connectivity index (χ1n) is 6.71. The minimum atomic E-state index is 0.409. The predicted octanol–water partition coefficient (Wildman–Crippen LogP) is 2.28. The van der Waals surface area contributed by atoms with Gasteiger partial charge in [0.2, 0.25) is 5.95 Å². The molecule has 0 aliphatic carbocycles. The Kier molecular flexibility index (Phi) is 5.54. The maximum absolute atomic E-state index is 4.67. The van der Waals surface area contributed by atoms with Crippen LogP contribution in [0.25, 0.3) is 0 Å². The highest BCUT2D eigenvalue weighted by Gasteiger charge is 2.24. The molecule has 18 heavy (non-hydrogen) atoms. The third-order valence-corrected chi connectivity index (χ3v) is 3.19. The van der Waals surface area contributed by atoms with Crippen molar-refractivity contribution in [2.24, 2.45) is 5.92 Å². The number of nitrogens with one attached hydrogen (secondary N) is 1. The largest absolute Gasteiger partial charge is 0.347 e. The van der Waals surface area contributed by atoms with Crippen molar-refractivity contribution >= 4 is 5.95 Å². The van der Waals surface area contributed by atoms with Crippen molar-refractivity contribution in [1.82, 2.24) is 15.3 Å². The van der Waals surface area contributed by atoms with Crippen LogP contribution in [0.1, 0.15) is 39.3 Å². The summed E-state index contributed by atoms with van der Waals surface area (Å²) < 4.78 is 0. The second-order valence-electron chi connectivity index (χ2n) is 5.29. The summed E-state index contributed by atoms with van der Waals surface area (Å²) in [4.78, 5) is 10.9. The number of nitrogens with zero attached hydrogens (tertiary/aromatic N) is 3. The first kappa shape index (κ1) is 14.9. The average molecular weight is 250 g/mol. The fraction of sp³-hybridized carbons (Fsp3) is 0.714. The van der Waals surface area contributed by atoms with Gasteiger partial charge in [0.1, 0.15) is 0 Å². The summed E-state index contributed by atoms with van der Waals surface area (Å²) in [7, 11) is 3.94. The van der Waals surface area contributed by atoms with Gasteiger partial charge in [0.25, 0.3) is 0 Å². The standard InChI is InChI=1S/C14H26N4/c1-7-15-11(4)13(10(2)3)12-8-9-16-14(17-12)18(5)6/h8-11,13,15H,7H2,1-6H3. The fourth-order valence-electron chi connectivity index (χ4n) is 2.39. The van der Waals surface area contributed by atoms with Gasteiger partial charge < -0.3 is 10.2 Å². The molecule has 0 spiro atoms. The van der Waals surface area contributed by atoms with E-state index in [0.717, 1.165) is 18.2 Å². The first-order valence-corrected chi connectivity index (χ1v) is 6.71. The lowest BCUT2D eigenvalue weighted by molar-refractivity contribution is 0.376. The Labute approximate surface area is 111 Å². The highest BCUT2D eigenvalue weighted by Crippen LogP contribution is 2.27. The summed E-state index contributed by atoms with van der Waals surface area (Å²) in [6, 6.07) is 2.45. The quantitative estimate of drug-likeness (QED) is 0.841. The summed E-state index contributed by atoms with van der Waals surface area (Å²) in [5, 5.41) is 3.50. The molecule has 1 aromatic rings. The maximum Gasteiger partial charge on any atom is 0.224 e. The number of likely N-dealkylation sites (N-methyl/N-ethyl adjacent to an activating group) is 1. The van der Waals surface area contributed by atoms with Gasteiger partial charge in [-0.1, -0.05) is 20.8 Å². The molecule has 1 heterocycles. The van der Waals surface area contributed by atoms with Crippen molar-refractivity contribution in [3.8, 4) is 0 Å². The van der Waals surface area contributed by atoms with Crippen molar-refractivity contribution < 1.29 is 0 Å². The fourth-order valence-corrected chi connectivity index (χ4v) is 2.39. The van der Waals surface area contributed by atoms with Crippen LogP contribution in [0.5, 0.6) is 0 Å². The second-order valence-corrected chi connectivity index (χ2v) is 5.29. The van der Waals surface area contributed by atoms with Crippen molar-refractivity contribution in [2.45, 2.75) is 39.7 Å². The van der Waals surface area contributed by atoms with Gasteiger partial charge in [-0.2, -0.15) is 0 Å². The SMILES string of the molecule is CCNC(C)C(c1ccnc(N(C)C)n1)C(C)C. The smallest absolute Gasteiger partial charge is 0.224 e. The van der Waals surface area contributed by atoms with Crippen LogP contribution < -0.4 is 10.2 Å². The summed E-state index contributed by atoms with van der Waals surface area (Å²) >= 11 is 0. The monoisotopic (exact) mass is 250 g/mol. The van der Waals surface area contributed by atoms with E-state index in [9.17, 15) is 0 Å². The van der Waals surface area contributed by atoms with Crippen LogP contribution in [0.15, 0.2) is 12.3 Å². The lowest BCUT2D eigenvalue weighted by Crippen LogP contribution is -2.35. The average Bonchev–Trinajstić information content (AvgIpc) is 2.29. The van der Waals surface area contributed by atoms with E-state index in [1.54, 1.807) is 0 Å². The molecule has 4 nitrogen and oxygen atoms in total. The molecule has 0 saturated carbocycles. The van der Waals surface area contributed by atoms with E-state index in [4.69, 9.17) is 0 Å². The lowest BCUT2D eigenvalue weighted by Gasteiger charge is -2.28. The van der Waals surface area contributed by atoms with Gasteiger partial charge >= 0.3 is 0 Å². The highest BCUT2D eigenvalue weighted by molar-refractivity contribution is 5.28. The predicted molar refractivity (Wildman–Crippen MR) is 77.1 cm³/mol. The zero-order chi connectivity index (χ0) is 13.7. The molecule has 0 aliphatic heterocycles. The minimum absolute atomic E-state index is 0.409. The van der Waals surface area contributed by atoms with Crippen LogP contribution in [-0.4, -0.2) is 36.6 Å². The second kappa shape index (κ2) is 6.69. The van der Waals surface area contributed by atoms with E-state index >= 15 is 0 Å². The van der Waals surface area contributed by atoms with E-state index in [1.165, 1.54) is 0 Å². The number of hydrogen-bond donors (Lipinski definition) is 1. The van der Waals surface area contributed by atoms with Gasteiger partial charge in [0, 0.05) is 32.3 Å². The molecule has 1 rings (SSSR count). The molecule has 0 aliphatic rings. The lowest BCUT2D eigenvalue weighted by atomic mass is 9.86. The van der Waals surface area contributed by atoms with Crippen LogP contribution in [0, 0.1) is 5.92 Å². The van der Waals surface area contributed by atoms with Gasteiger partial charge in [-0.15, -0.1) is 0 Å². The number of anilines is 1. The van der Waals surface area contributed by atoms with E-state index in [0.29, 0.717) is 17.9 Å². The normalized spacial score (nSPS) is 14.6. The van der Waals surface area contributed by atoms with Crippen molar-refractivity contribution in [3.63, 3.8) is 0 Å². The Hall–Kier alpha value is -1.16. The molecule has 1 N–H and O–H groups in total. The molecule has 0 amide bonds. The van der Waals surface area contributed by atoms with Gasteiger partial charge in [0.05, 0.1) is 5.69 Å². The van der Waals surface area contributed by atoms with Crippen molar-refractivity contribution in [3.05, 3.63) is 18.0 Å². The van der Waals surface area contributed by atoms with E-state index < -0.39 is 0 Å². The third-order valence-electron chi connectivity index (χ3n) is 3.19. The van der Waals surface area contributed by atoms with Crippen LogP contribution in [0.3, 0.4) is 0 Å². The molecular formula is C14H26N4. The summed E-state index contributed by atoms with van der Waals surface area (Å²) in [6.07, 6.45) is 1.85. The molecule has 0 bridgehead atoms. The van der Waals surface area contributed by atoms with Crippen LogP contribution in [0.4, 0.5) is 5.95 Å². The van der Waals surface area contributed by atoms with Crippen LogP contribution >= 0.6 is 0 Å². The van der Waals surface area contributed by atoms with E-state index in [2.05, 4.69) is 43.0 Å². The molecular weight excluding hydrogens is 224 g/mol. The van der Waals surface area contributed by atoms with Gasteiger partial charge in [0.15, 0.2) is 0 Å². The molecule has 2 unspecified atom stereocenters.